The molecule has 3 heterocycles. The van der Waals surface area contributed by atoms with Crippen LogP contribution in [0.2, 0.25) is 0 Å². The van der Waals surface area contributed by atoms with E-state index in [0.29, 0.717) is 54.2 Å². The van der Waals surface area contributed by atoms with Crippen LogP contribution in [0.1, 0.15) is 23.2 Å². The number of nitrogens with one attached hydrogen (secondary N) is 1. The van der Waals surface area contributed by atoms with Gasteiger partial charge in [-0.25, -0.2) is 13.4 Å². The normalized spacial score (nSPS) is 17.5. The van der Waals surface area contributed by atoms with E-state index >= 15 is 0 Å². The standard InChI is InChI=1S/C22H22N4O4S/c27-22(24-15-4-5-15)18-14-21(20-3-1-2-8-23-20)25-19-7-6-16(13-17(18)19)31(28,29)26-9-11-30-12-10-26/h1-3,6-8,13-15H,4-5,9-12H2,(H,24,27). The minimum atomic E-state index is -3.69. The van der Waals surface area contributed by atoms with E-state index < -0.39 is 10.0 Å². The van der Waals surface area contributed by atoms with E-state index in [1.807, 2.05) is 18.2 Å². The second kappa shape index (κ2) is 7.99. The Morgan fingerprint density at radius 2 is 1.87 bits per heavy atom. The van der Waals surface area contributed by atoms with Crippen molar-refractivity contribution in [1.29, 1.82) is 0 Å². The number of ether oxygens (including phenoxy) is 1. The number of benzene rings is 1. The number of aromatic nitrogens is 2. The zero-order valence-electron chi connectivity index (χ0n) is 16.8. The van der Waals surface area contributed by atoms with Gasteiger partial charge >= 0.3 is 0 Å². The molecule has 0 spiro atoms. The van der Waals surface area contributed by atoms with Gasteiger partial charge in [0.2, 0.25) is 10.0 Å². The fourth-order valence-corrected chi connectivity index (χ4v) is 5.06. The molecule has 2 fully saturated rings. The lowest BCUT2D eigenvalue weighted by molar-refractivity contribution is 0.0730. The molecule has 1 aromatic carbocycles. The highest BCUT2D eigenvalue weighted by Gasteiger charge is 2.28. The third-order valence-corrected chi connectivity index (χ3v) is 7.37. The van der Waals surface area contributed by atoms with Crippen LogP contribution in [-0.4, -0.2) is 60.9 Å². The third kappa shape index (κ3) is 4.04. The highest BCUT2D eigenvalue weighted by molar-refractivity contribution is 7.89. The maximum Gasteiger partial charge on any atom is 0.252 e. The van der Waals surface area contributed by atoms with Gasteiger partial charge in [0.15, 0.2) is 0 Å². The summed E-state index contributed by atoms with van der Waals surface area (Å²) >= 11 is 0. The molecule has 8 nitrogen and oxygen atoms in total. The third-order valence-electron chi connectivity index (χ3n) is 5.47. The lowest BCUT2D eigenvalue weighted by Gasteiger charge is -2.26. The first kappa shape index (κ1) is 20.0. The molecule has 0 atom stereocenters. The Labute approximate surface area is 180 Å². The lowest BCUT2D eigenvalue weighted by Crippen LogP contribution is -2.40. The van der Waals surface area contributed by atoms with Crippen LogP contribution in [0.3, 0.4) is 0 Å². The molecule has 160 valence electrons. The van der Waals surface area contributed by atoms with Crippen LogP contribution < -0.4 is 5.32 Å². The van der Waals surface area contributed by atoms with Gasteiger partial charge in [-0.3, -0.25) is 9.78 Å². The number of carbonyl (C=O) groups excluding carboxylic acids is 1. The number of nitrogens with zero attached hydrogens (tertiary/aromatic N) is 3. The highest BCUT2D eigenvalue weighted by Crippen LogP contribution is 2.28. The molecule has 31 heavy (non-hydrogen) atoms. The number of carbonyl (C=O) groups is 1. The molecule has 1 amide bonds. The largest absolute Gasteiger partial charge is 0.379 e. The zero-order valence-corrected chi connectivity index (χ0v) is 17.6. The van der Waals surface area contributed by atoms with Crippen molar-refractivity contribution in [2.45, 2.75) is 23.8 Å². The fraction of sp³-hybridized carbons (Fsp3) is 0.318. The van der Waals surface area contributed by atoms with Crippen molar-refractivity contribution in [3.05, 3.63) is 54.2 Å². The predicted octanol–water partition coefficient (Wildman–Crippen LogP) is 2.21. The van der Waals surface area contributed by atoms with Gasteiger partial charge in [-0.2, -0.15) is 4.31 Å². The Bertz CT molecular complexity index is 1240. The van der Waals surface area contributed by atoms with Crippen LogP contribution in [0.25, 0.3) is 22.3 Å². The molecule has 1 saturated heterocycles. The van der Waals surface area contributed by atoms with Gasteiger partial charge in [0, 0.05) is 30.7 Å². The van der Waals surface area contributed by atoms with Crippen LogP contribution in [-0.2, 0) is 14.8 Å². The number of hydrogen-bond acceptors (Lipinski definition) is 6. The molecular weight excluding hydrogens is 416 g/mol. The SMILES string of the molecule is O=C(NC1CC1)c1cc(-c2ccccn2)nc2ccc(S(=O)(=O)N3CCOCC3)cc12. The van der Waals surface area contributed by atoms with Gasteiger partial charge in [0.05, 0.1) is 40.6 Å². The van der Waals surface area contributed by atoms with Crippen molar-refractivity contribution < 1.29 is 17.9 Å². The van der Waals surface area contributed by atoms with E-state index in [1.54, 1.807) is 30.5 Å². The second-order valence-corrected chi connectivity index (χ2v) is 9.65. The van der Waals surface area contributed by atoms with Crippen LogP contribution in [0, 0.1) is 0 Å². The van der Waals surface area contributed by atoms with Gasteiger partial charge in [-0.1, -0.05) is 6.07 Å². The smallest absolute Gasteiger partial charge is 0.252 e. The summed E-state index contributed by atoms with van der Waals surface area (Å²) in [7, 11) is -3.69. The van der Waals surface area contributed by atoms with Crippen molar-refractivity contribution >= 4 is 26.8 Å². The van der Waals surface area contributed by atoms with Gasteiger partial charge in [-0.05, 0) is 49.2 Å². The minimum Gasteiger partial charge on any atom is -0.379 e. The second-order valence-electron chi connectivity index (χ2n) is 7.71. The number of amides is 1. The number of pyridine rings is 2. The first-order chi connectivity index (χ1) is 15.0. The monoisotopic (exact) mass is 438 g/mol. The fourth-order valence-electron chi connectivity index (χ4n) is 3.63. The summed E-state index contributed by atoms with van der Waals surface area (Å²) in [5.74, 6) is -0.229. The van der Waals surface area contributed by atoms with E-state index in [0.717, 1.165) is 12.8 Å². The minimum absolute atomic E-state index is 0.148. The predicted molar refractivity (Wildman–Crippen MR) is 115 cm³/mol. The molecule has 1 aliphatic carbocycles. The zero-order chi connectivity index (χ0) is 21.4. The number of sulfonamides is 1. The lowest BCUT2D eigenvalue weighted by atomic mass is 10.1. The molecule has 2 aliphatic rings. The molecule has 5 rings (SSSR count). The average Bonchev–Trinajstić information content (AvgIpc) is 3.63. The van der Waals surface area contributed by atoms with Crippen LogP contribution in [0.5, 0.6) is 0 Å². The Kier molecular flexibility index (Phi) is 5.17. The molecule has 0 radical (unpaired) electrons. The molecule has 2 aromatic heterocycles. The Balaban J connectivity index is 1.63. The molecule has 1 aliphatic heterocycles. The number of rotatable bonds is 5. The van der Waals surface area contributed by atoms with Crippen LogP contribution in [0.4, 0.5) is 0 Å². The van der Waals surface area contributed by atoms with Crippen LogP contribution in [0.15, 0.2) is 53.6 Å². The maximum absolute atomic E-state index is 13.1. The molecule has 0 unspecified atom stereocenters. The number of morpholine rings is 1. The van der Waals surface area contributed by atoms with E-state index in [2.05, 4.69) is 15.3 Å². The van der Waals surface area contributed by atoms with Crippen molar-refractivity contribution in [3.63, 3.8) is 0 Å². The number of hydrogen-bond donors (Lipinski definition) is 1. The van der Waals surface area contributed by atoms with Gasteiger partial charge in [-0.15, -0.1) is 0 Å². The molecule has 9 heteroatoms. The van der Waals surface area contributed by atoms with Gasteiger partial charge < -0.3 is 10.1 Å². The van der Waals surface area contributed by atoms with Gasteiger partial charge in [0.1, 0.15) is 0 Å². The van der Waals surface area contributed by atoms with Gasteiger partial charge in [0.25, 0.3) is 5.91 Å². The average molecular weight is 439 g/mol. The summed E-state index contributed by atoms with van der Waals surface area (Å²) in [5.41, 5.74) is 2.16. The Hall–Kier alpha value is -2.88. The first-order valence-electron chi connectivity index (χ1n) is 10.3. The van der Waals surface area contributed by atoms with E-state index in [-0.39, 0.29) is 16.8 Å². The van der Waals surface area contributed by atoms with Crippen molar-refractivity contribution in [1.82, 2.24) is 19.6 Å². The summed E-state index contributed by atoms with van der Waals surface area (Å²) in [5, 5.41) is 3.51. The number of fused-ring (bicyclic) bond motifs is 1. The van der Waals surface area contributed by atoms with Crippen molar-refractivity contribution in [3.8, 4) is 11.4 Å². The van der Waals surface area contributed by atoms with E-state index in [4.69, 9.17) is 4.74 Å². The van der Waals surface area contributed by atoms with Crippen molar-refractivity contribution in [2.24, 2.45) is 0 Å². The molecule has 3 aromatic rings. The molecule has 1 saturated carbocycles. The summed E-state index contributed by atoms with van der Waals surface area (Å²) in [6, 6.07) is 12.1. The Morgan fingerprint density at radius 3 is 2.58 bits per heavy atom. The summed E-state index contributed by atoms with van der Waals surface area (Å²) < 4.78 is 32.9. The van der Waals surface area contributed by atoms with Crippen molar-refractivity contribution in [2.75, 3.05) is 26.3 Å². The first-order valence-corrected chi connectivity index (χ1v) is 11.7. The Morgan fingerprint density at radius 1 is 1.06 bits per heavy atom. The molecule has 0 bridgehead atoms. The molecular formula is C22H22N4O4S. The topological polar surface area (TPSA) is 101 Å². The highest BCUT2D eigenvalue weighted by atomic mass is 32.2. The summed E-state index contributed by atoms with van der Waals surface area (Å²) in [4.78, 5) is 22.2. The summed E-state index contributed by atoms with van der Waals surface area (Å²) in [6.45, 7) is 1.37. The van der Waals surface area contributed by atoms with Crippen LogP contribution >= 0.6 is 0 Å². The molecule has 1 N–H and O–H groups in total. The quantitative estimate of drug-likeness (QED) is 0.655. The summed E-state index contributed by atoms with van der Waals surface area (Å²) in [6.07, 6.45) is 3.58. The van der Waals surface area contributed by atoms with E-state index in [1.165, 1.54) is 4.31 Å². The van der Waals surface area contributed by atoms with E-state index in [9.17, 15) is 13.2 Å². The maximum atomic E-state index is 13.1.